The SMILES string of the molecule is CC[C@H](C)NC(=O)c1cc(-c2cnn(C(c3ccc(C(F)(F)F)nc3)C3CCN(C(C)=O)CC3)c2)cn2nc(N)nc12. The molecule has 5 rings (SSSR count). The number of rotatable bonds is 7. The van der Waals surface area contributed by atoms with Gasteiger partial charge in [-0.3, -0.25) is 19.3 Å². The number of aromatic nitrogens is 6. The zero-order valence-electron chi connectivity index (χ0n) is 23.5. The summed E-state index contributed by atoms with van der Waals surface area (Å²) in [7, 11) is 0. The van der Waals surface area contributed by atoms with E-state index in [1.807, 2.05) is 13.8 Å². The van der Waals surface area contributed by atoms with Gasteiger partial charge in [0.2, 0.25) is 11.9 Å². The van der Waals surface area contributed by atoms with Crippen molar-refractivity contribution in [1.82, 2.24) is 39.6 Å². The first kappa shape index (κ1) is 29.0. The van der Waals surface area contributed by atoms with Gasteiger partial charge in [0.15, 0.2) is 5.65 Å². The molecule has 5 heterocycles. The Balaban J connectivity index is 1.53. The van der Waals surface area contributed by atoms with E-state index in [2.05, 4.69) is 25.5 Å². The lowest BCUT2D eigenvalue weighted by atomic mass is 9.85. The molecule has 11 nitrogen and oxygen atoms in total. The first-order valence-electron chi connectivity index (χ1n) is 13.7. The Labute approximate surface area is 239 Å². The number of hydrogen-bond donors (Lipinski definition) is 2. The van der Waals surface area contributed by atoms with Gasteiger partial charge in [-0.1, -0.05) is 13.0 Å². The van der Waals surface area contributed by atoms with Crippen LogP contribution in [0.2, 0.25) is 0 Å². The van der Waals surface area contributed by atoms with Crippen LogP contribution in [0.1, 0.15) is 67.7 Å². The van der Waals surface area contributed by atoms with Crippen LogP contribution in [-0.4, -0.2) is 65.2 Å². The summed E-state index contributed by atoms with van der Waals surface area (Å²) < 4.78 is 42.9. The summed E-state index contributed by atoms with van der Waals surface area (Å²) in [5.74, 6) is -0.324. The molecule has 0 aliphatic carbocycles. The predicted molar refractivity (Wildman–Crippen MR) is 148 cm³/mol. The van der Waals surface area contributed by atoms with Crippen molar-refractivity contribution < 1.29 is 22.8 Å². The zero-order valence-corrected chi connectivity index (χ0v) is 23.5. The zero-order chi connectivity index (χ0) is 30.2. The lowest BCUT2D eigenvalue weighted by Gasteiger charge is -2.36. The molecule has 0 radical (unpaired) electrons. The predicted octanol–water partition coefficient (Wildman–Crippen LogP) is 3.97. The molecule has 4 aromatic heterocycles. The van der Waals surface area contributed by atoms with Gasteiger partial charge in [0.1, 0.15) is 5.69 Å². The number of carbonyl (C=O) groups is 2. The highest BCUT2D eigenvalue weighted by Crippen LogP contribution is 2.36. The largest absolute Gasteiger partial charge is 0.433 e. The number of carbonyl (C=O) groups excluding carboxylic acids is 2. The van der Waals surface area contributed by atoms with Crippen LogP contribution in [0.25, 0.3) is 16.8 Å². The highest BCUT2D eigenvalue weighted by Gasteiger charge is 2.34. The molecule has 0 bridgehead atoms. The maximum absolute atomic E-state index is 13.2. The van der Waals surface area contributed by atoms with Crippen molar-refractivity contribution in [3.8, 4) is 11.1 Å². The van der Waals surface area contributed by atoms with E-state index in [0.717, 1.165) is 12.5 Å². The number of anilines is 1. The monoisotopic (exact) mass is 583 g/mol. The summed E-state index contributed by atoms with van der Waals surface area (Å²) in [6, 6.07) is 3.62. The molecule has 222 valence electrons. The molecule has 1 unspecified atom stereocenters. The van der Waals surface area contributed by atoms with Gasteiger partial charge in [-0.2, -0.15) is 23.3 Å². The average molecular weight is 584 g/mol. The number of piperidine rings is 1. The van der Waals surface area contributed by atoms with Gasteiger partial charge in [0.05, 0.1) is 17.8 Å². The van der Waals surface area contributed by atoms with Crippen molar-refractivity contribution in [2.75, 3.05) is 18.8 Å². The topological polar surface area (TPSA) is 136 Å². The summed E-state index contributed by atoms with van der Waals surface area (Å²) in [6.07, 6.45) is 3.84. The first-order valence-corrected chi connectivity index (χ1v) is 13.7. The summed E-state index contributed by atoms with van der Waals surface area (Å²) in [4.78, 5) is 34.7. The molecule has 2 atom stereocenters. The molecule has 3 N–H and O–H groups in total. The van der Waals surface area contributed by atoms with Crippen molar-refractivity contribution in [3.05, 3.63) is 59.8 Å². The fourth-order valence-electron chi connectivity index (χ4n) is 5.29. The third kappa shape index (κ3) is 5.92. The number of likely N-dealkylation sites (tertiary alicyclic amines) is 1. The summed E-state index contributed by atoms with van der Waals surface area (Å²) >= 11 is 0. The number of nitrogens with zero attached hydrogens (tertiary/aromatic N) is 7. The van der Waals surface area contributed by atoms with Crippen molar-refractivity contribution >= 4 is 23.4 Å². The number of nitrogens with one attached hydrogen (secondary N) is 1. The highest BCUT2D eigenvalue weighted by molar-refractivity contribution is 6.01. The summed E-state index contributed by atoms with van der Waals surface area (Å²) in [5.41, 5.74) is 7.35. The number of fused-ring (bicyclic) bond motifs is 1. The van der Waals surface area contributed by atoms with E-state index in [-0.39, 0.29) is 29.7 Å². The van der Waals surface area contributed by atoms with Gasteiger partial charge in [-0.15, -0.1) is 5.10 Å². The van der Waals surface area contributed by atoms with Crippen LogP contribution in [0, 0.1) is 5.92 Å². The van der Waals surface area contributed by atoms with Gasteiger partial charge < -0.3 is 16.0 Å². The fourth-order valence-corrected chi connectivity index (χ4v) is 5.29. The second kappa shape index (κ2) is 11.4. The second-order valence-electron chi connectivity index (χ2n) is 10.6. The number of alkyl halides is 3. The number of hydrogen-bond acceptors (Lipinski definition) is 7. The minimum absolute atomic E-state index is 0.0126. The van der Waals surface area contributed by atoms with Crippen molar-refractivity contribution in [2.45, 2.75) is 58.3 Å². The van der Waals surface area contributed by atoms with Gasteiger partial charge in [0.25, 0.3) is 5.91 Å². The van der Waals surface area contributed by atoms with Crippen LogP contribution in [0.5, 0.6) is 0 Å². The second-order valence-corrected chi connectivity index (χ2v) is 10.6. The summed E-state index contributed by atoms with van der Waals surface area (Å²) in [5, 5.41) is 11.7. The van der Waals surface area contributed by atoms with Crippen molar-refractivity contribution in [3.63, 3.8) is 0 Å². The molecule has 1 saturated heterocycles. The average Bonchev–Trinajstić information content (AvgIpc) is 3.58. The maximum atomic E-state index is 13.2. The van der Waals surface area contributed by atoms with Gasteiger partial charge in [0, 0.05) is 55.8 Å². The van der Waals surface area contributed by atoms with Crippen LogP contribution in [0.4, 0.5) is 19.1 Å². The van der Waals surface area contributed by atoms with Crippen LogP contribution < -0.4 is 11.1 Å². The molecule has 0 spiro atoms. The molecular weight excluding hydrogens is 551 g/mol. The lowest BCUT2D eigenvalue weighted by molar-refractivity contribution is -0.141. The van der Waals surface area contributed by atoms with Crippen LogP contribution in [0.15, 0.2) is 43.0 Å². The van der Waals surface area contributed by atoms with Crippen LogP contribution >= 0.6 is 0 Å². The van der Waals surface area contributed by atoms with E-state index in [4.69, 9.17) is 5.73 Å². The number of amides is 2. The van der Waals surface area contributed by atoms with Gasteiger partial charge in [-0.25, -0.2) is 4.52 Å². The maximum Gasteiger partial charge on any atom is 0.433 e. The van der Waals surface area contributed by atoms with E-state index >= 15 is 0 Å². The standard InChI is InChI=1S/C28H32F3N9O2/c1-4-16(2)35-26(42)22-11-20(14-40-25(22)36-27(32)37-40)21-13-34-39(15-21)24(18-7-9-38(10-8-18)17(3)41)19-5-6-23(33-12-19)28(29,30)31/h5-6,11-16,18,24H,4,7-10H2,1-3H3,(H2,32,37)(H,35,42)/t16-,24?/m0/s1. The molecule has 1 fully saturated rings. The van der Waals surface area contributed by atoms with Crippen LogP contribution in [0.3, 0.4) is 0 Å². The van der Waals surface area contributed by atoms with Gasteiger partial charge >= 0.3 is 6.18 Å². The number of halogens is 3. The third-order valence-corrected chi connectivity index (χ3v) is 7.75. The third-order valence-electron chi connectivity index (χ3n) is 7.75. The molecule has 2 amide bonds. The van der Waals surface area contributed by atoms with Crippen molar-refractivity contribution in [2.24, 2.45) is 5.92 Å². The molecular formula is C28H32F3N9O2. The minimum atomic E-state index is -4.55. The Morgan fingerprint density at radius 3 is 2.50 bits per heavy atom. The molecule has 1 aliphatic heterocycles. The molecule has 1 aliphatic rings. The van der Waals surface area contributed by atoms with E-state index < -0.39 is 17.9 Å². The van der Waals surface area contributed by atoms with E-state index in [1.165, 1.54) is 23.7 Å². The molecule has 0 aromatic carbocycles. The number of pyridine rings is 2. The Hall–Kier alpha value is -4.49. The lowest BCUT2D eigenvalue weighted by Crippen LogP contribution is -2.39. The van der Waals surface area contributed by atoms with Crippen molar-refractivity contribution in [1.29, 1.82) is 0 Å². The Bertz CT molecular complexity index is 1590. The normalized spacial score (nSPS) is 16.0. The van der Waals surface area contributed by atoms with E-state index in [0.29, 0.717) is 53.8 Å². The highest BCUT2D eigenvalue weighted by atomic mass is 19.4. The molecule has 4 aromatic rings. The Morgan fingerprint density at radius 1 is 1.14 bits per heavy atom. The molecule has 0 saturated carbocycles. The number of nitrogen functional groups attached to an aromatic ring is 1. The quantitative estimate of drug-likeness (QED) is 0.336. The molecule has 14 heteroatoms. The minimum Gasteiger partial charge on any atom is -0.366 e. The Kier molecular flexibility index (Phi) is 7.89. The van der Waals surface area contributed by atoms with Crippen LogP contribution in [-0.2, 0) is 11.0 Å². The fraction of sp³-hybridized carbons (Fsp3) is 0.429. The number of nitrogens with two attached hydrogens (primary N) is 1. The van der Waals surface area contributed by atoms with E-state index in [1.54, 1.807) is 34.2 Å². The first-order chi connectivity index (χ1) is 19.9. The van der Waals surface area contributed by atoms with Gasteiger partial charge in [-0.05, 0) is 49.8 Å². The Morgan fingerprint density at radius 2 is 1.88 bits per heavy atom. The van der Waals surface area contributed by atoms with E-state index in [9.17, 15) is 22.8 Å². The molecule has 42 heavy (non-hydrogen) atoms. The smallest absolute Gasteiger partial charge is 0.366 e. The summed E-state index contributed by atoms with van der Waals surface area (Å²) in [6.45, 7) is 6.47.